The molecule has 4 aliphatic carbocycles. The molecule has 0 aromatic heterocycles. The largest absolute Gasteiger partial charge is 0.348 e. The van der Waals surface area contributed by atoms with Gasteiger partial charge in [-0.25, -0.2) is 4.79 Å². The summed E-state index contributed by atoms with van der Waals surface area (Å²) in [5.41, 5.74) is -0.116. The van der Waals surface area contributed by atoms with E-state index in [9.17, 15) is 14.4 Å². The van der Waals surface area contributed by atoms with E-state index >= 15 is 0 Å². The third-order valence-electron chi connectivity index (χ3n) is 6.58. The van der Waals surface area contributed by atoms with Gasteiger partial charge in [-0.1, -0.05) is 0 Å². The SMILES string of the molecule is C[C@H](C(=O)NC(=O)NC12CC3CC(CC(C3)C1)C2)N(C)CC(=O)N(C)C. The molecule has 146 valence electrons. The molecule has 0 saturated heterocycles. The molecule has 26 heavy (non-hydrogen) atoms. The first-order valence-electron chi connectivity index (χ1n) is 9.71. The molecule has 2 N–H and O–H groups in total. The summed E-state index contributed by atoms with van der Waals surface area (Å²) in [4.78, 5) is 39.8. The topological polar surface area (TPSA) is 81.8 Å². The standard InChI is InChI=1S/C19H32N4O3/c1-12(23(4)11-16(24)22(2)3)17(25)20-18(26)21-19-8-13-5-14(9-19)7-15(6-13)10-19/h12-15H,5-11H2,1-4H3,(H2,20,21,25,26)/t12-,13?,14?,15?,19?/m1/s1. The van der Waals surface area contributed by atoms with Crippen molar-refractivity contribution in [2.45, 2.75) is 57.0 Å². The van der Waals surface area contributed by atoms with Crippen LogP contribution < -0.4 is 10.6 Å². The molecule has 4 fully saturated rings. The minimum Gasteiger partial charge on any atom is -0.348 e. The Hall–Kier alpha value is -1.63. The molecule has 0 radical (unpaired) electrons. The van der Waals surface area contributed by atoms with Crippen LogP contribution in [-0.2, 0) is 9.59 Å². The van der Waals surface area contributed by atoms with Crippen molar-refractivity contribution in [1.29, 1.82) is 0 Å². The Bertz CT molecular complexity index is 554. The van der Waals surface area contributed by atoms with Crippen molar-refractivity contribution < 1.29 is 14.4 Å². The first kappa shape index (κ1) is 19.1. The van der Waals surface area contributed by atoms with Gasteiger partial charge >= 0.3 is 6.03 Å². The van der Waals surface area contributed by atoms with Gasteiger partial charge in [-0.15, -0.1) is 0 Å². The van der Waals surface area contributed by atoms with Gasteiger partial charge in [0.15, 0.2) is 0 Å². The van der Waals surface area contributed by atoms with Gasteiger partial charge in [-0.2, -0.15) is 0 Å². The first-order valence-corrected chi connectivity index (χ1v) is 9.71. The quantitative estimate of drug-likeness (QED) is 0.768. The van der Waals surface area contributed by atoms with E-state index in [0.717, 1.165) is 37.0 Å². The van der Waals surface area contributed by atoms with Gasteiger partial charge in [0.1, 0.15) is 0 Å². The van der Waals surface area contributed by atoms with Crippen LogP contribution in [0.15, 0.2) is 0 Å². The van der Waals surface area contributed by atoms with E-state index in [-0.39, 0.29) is 23.9 Å². The van der Waals surface area contributed by atoms with Gasteiger partial charge < -0.3 is 10.2 Å². The maximum absolute atomic E-state index is 12.5. The van der Waals surface area contributed by atoms with E-state index < -0.39 is 12.1 Å². The summed E-state index contributed by atoms with van der Waals surface area (Å²) < 4.78 is 0. The Labute approximate surface area is 155 Å². The zero-order chi connectivity index (χ0) is 19.1. The van der Waals surface area contributed by atoms with E-state index in [1.165, 1.54) is 24.2 Å². The Kier molecular flexibility index (Phi) is 5.28. The molecule has 0 heterocycles. The molecular formula is C19H32N4O3. The van der Waals surface area contributed by atoms with E-state index in [2.05, 4.69) is 10.6 Å². The molecule has 4 bridgehead atoms. The Morgan fingerprint density at radius 3 is 1.96 bits per heavy atom. The zero-order valence-corrected chi connectivity index (χ0v) is 16.4. The molecule has 0 spiro atoms. The van der Waals surface area contributed by atoms with Crippen LogP contribution in [0.1, 0.15) is 45.4 Å². The van der Waals surface area contributed by atoms with Crippen molar-refractivity contribution in [3.63, 3.8) is 0 Å². The average molecular weight is 364 g/mol. The lowest BCUT2D eigenvalue weighted by Gasteiger charge is -2.56. The van der Waals surface area contributed by atoms with Crippen molar-refractivity contribution >= 4 is 17.8 Å². The predicted molar refractivity (Wildman–Crippen MR) is 98.4 cm³/mol. The summed E-state index contributed by atoms with van der Waals surface area (Å²) in [5.74, 6) is 1.75. The summed E-state index contributed by atoms with van der Waals surface area (Å²) >= 11 is 0. The van der Waals surface area contributed by atoms with Crippen molar-refractivity contribution in [3.05, 3.63) is 0 Å². The lowest BCUT2D eigenvalue weighted by atomic mass is 9.53. The van der Waals surface area contributed by atoms with Crippen LogP contribution in [0.5, 0.6) is 0 Å². The van der Waals surface area contributed by atoms with Gasteiger partial charge in [-0.3, -0.25) is 19.8 Å². The molecule has 4 amide bonds. The molecule has 1 atom stereocenters. The van der Waals surface area contributed by atoms with Gasteiger partial charge in [0.05, 0.1) is 12.6 Å². The van der Waals surface area contributed by atoms with Gasteiger partial charge in [0.25, 0.3) is 0 Å². The Morgan fingerprint density at radius 1 is 1.00 bits per heavy atom. The number of nitrogens with zero attached hydrogens (tertiary/aromatic N) is 2. The van der Waals surface area contributed by atoms with Crippen LogP contribution in [-0.4, -0.2) is 66.9 Å². The van der Waals surface area contributed by atoms with Crippen molar-refractivity contribution in [2.75, 3.05) is 27.7 Å². The molecule has 0 aromatic rings. The number of likely N-dealkylation sites (N-methyl/N-ethyl adjacent to an activating group) is 2. The zero-order valence-electron chi connectivity index (χ0n) is 16.4. The fraction of sp³-hybridized carbons (Fsp3) is 0.842. The molecule has 0 unspecified atom stereocenters. The predicted octanol–water partition coefficient (Wildman–Crippen LogP) is 1.19. The normalized spacial score (nSPS) is 33.0. The highest BCUT2D eigenvalue weighted by molar-refractivity contribution is 5.97. The maximum atomic E-state index is 12.5. The maximum Gasteiger partial charge on any atom is 0.321 e. The highest BCUT2D eigenvalue weighted by Crippen LogP contribution is 2.55. The average Bonchev–Trinajstić information content (AvgIpc) is 2.51. The van der Waals surface area contributed by atoms with Gasteiger partial charge in [0, 0.05) is 19.6 Å². The van der Waals surface area contributed by atoms with Gasteiger partial charge in [-0.05, 0) is 70.3 Å². The monoisotopic (exact) mass is 364 g/mol. The molecule has 4 saturated carbocycles. The third-order valence-corrected chi connectivity index (χ3v) is 6.58. The van der Waals surface area contributed by atoms with Crippen molar-refractivity contribution in [3.8, 4) is 0 Å². The molecule has 4 rings (SSSR count). The molecule has 0 aromatic carbocycles. The highest BCUT2D eigenvalue weighted by atomic mass is 16.2. The lowest BCUT2D eigenvalue weighted by Crippen LogP contribution is -2.62. The van der Waals surface area contributed by atoms with Crippen LogP contribution in [0, 0.1) is 17.8 Å². The second kappa shape index (κ2) is 7.18. The second-order valence-electron chi connectivity index (χ2n) is 9.02. The van der Waals surface area contributed by atoms with Crippen molar-refractivity contribution in [1.82, 2.24) is 20.4 Å². The number of carbonyl (C=O) groups is 3. The van der Waals surface area contributed by atoms with E-state index in [0.29, 0.717) is 0 Å². The lowest BCUT2D eigenvalue weighted by molar-refractivity contribution is -0.131. The van der Waals surface area contributed by atoms with Crippen LogP contribution in [0.3, 0.4) is 0 Å². The number of hydrogen-bond acceptors (Lipinski definition) is 4. The van der Waals surface area contributed by atoms with Crippen molar-refractivity contribution in [2.24, 2.45) is 17.8 Å². The summed E-state index contributed by atoms with van der Waals surface area (Å²) in [7, 11) is 5.07. The fourth-order valence-electron chi connectivity index (χ4n) is 5.44. The second-order valence-corrected chi connectivity index (χ2v) is 9.02. The summed E-state index contributed by atoms with van der Waals surface area (Å²) in [5, 5.41) is 5.63. The van der Waals surface area contributed by atoms with Crippen LogP contribution in [0.2, 0.25) is 0 Å². The molecule has 7 heteroatoms. The summed E-state index contributed by atoms with van der Waals surface area (Å²) in [6.07, 6.45) is 7.07. The highest BCUT2D eigenvalue weighted by Gasteiger charge is 2.51. The fourth-order valence-corrected chi connectivity index (χ4v) is 5.44. The van der Waals surface area contributed by atoms with E-state index in [1.807, 2.05) is 0 Å². The number of imide groups is 1. The van der Waals surface area contributed by atoms with Crippen LogP contribution >= 0.6 is 0 Å². The molecular weight excluding hydrogens is 332 g/mol. The van der Waals surface area contributed by atoms with Gasteiger partial charge in [0.2, 0.25) is 11.8 Å². The summed E-state index contributed by atoms with van der Waals surface area (Å²) in [6.45, 7) is 1.84. The minimum atomic E-state index is -0.555. The number of urea groups is 1. The number of nitrogens with one attached hydrogen (secondary N) is 2. The van der Waals surface area contributed by atoms with Crippen LogP contribution in [0.25, 0.3) is 0 Å². The Morgan fingerprint density at radius 2 is 1.50 bits per heavy atom. The third kappa shape index (κ3) is 4.03. The molecule has 7 nitrogen and oxygen atoms in total. The van der Waals surface area contributed by atoms with Crippen LogP contribution in [0.4, 0.5) is 4.79 Å². The van der Waals surface area contributed by atoms with E-state index in [4.69, 9.17) is 0 Å². The Balaban J connectivity index is 1.51. The number of rotatable bonds is 5. The molecule has 0 aliphatic heterocycles. The summed E-state index contributed by atoms with van der Waals surface area (Å²) in [6, 6.07) is -0.947. The minimum absolute atomic E-state index is 0.0785. The smallest absolute Gasteiger partial charge is 0.321 e. The first-order chi connectivity index (χ1) is 12.2. The number of hydrogen-bond donors (Lipinski definition) is 2. The number of amides is 4. The van der Waals surface area contributed by atoms with E-state index in [1.54, 1.807) is 33.0 Å². The molecule has 4 aliphatic rings. The number of carbonyl (C=O) groups excluding carboxylic acids is 3.